The minimum absolute atomic E-state index is 0.116. The summed E-state index contributed by atoms with van der Waals surface area (Å²) in [6.07, 6.45) is 2.94. The van der Waals surface area contributed by atoms with Gasteiger partial charge in [0.15, 0.2) is 0 Å². The van der Waals surface area contributed by atoms with Crippen LogP contribution in [0.25, 0.3) is 0 Å². The van der Waals surface area contributed by atoms with E-state index in [0.717, 1.165) is 0 Å². The Bertz CT molecular complexity index is 281. The summed E-state index contributed by atoms with van der Waals surface area (Å²) < 4.78 is 1.23. The predicted octanol–water partition coefficient (Wildman–Crippen LogP) is -0.287. The highest BCUT2D eigenvalue weighted by molar-refractivity contribution is 5.83. The maximum Gasteiger partial charge on any atom is 0.263 e. The van der Waals surface area contributed by atoms with Crippen LogP contribution < -0.4 is 11.1 Å². The molecule has 5 nitrogen and oxygen atoms in total. The van der Waals surface area contributed by atoms with Gasteiger partial charge in [0.25, 0.3) is 5.91 Å². The molecule has 1 aromatic rings. The molecule has 0 fully saturated rings. The molecule has 0 saturated heterocycles. The standard InChI is InChI=1S/C7H12N4O/c1-5(9-2)7(12)11-4-6(8)3-10-11/h3-5,9H,8H2,1-2H3. The number of nitrogen functional groups attached to an aromatic ring is 1. The quantitative estimate of drug-likeness (QED) is 0.636. The fraction of sp³-hybridized carbons (Fsp3) is 0.429. The maximum absolute atomic E-state index is 11.4. The molecule has 3 N–H and O–H groups in total. The Morgan fingerprint density at radius 2 is 2.50 bits per heavy atom. The van der Waals surface area contributed by atoms with E-state index in [9.17, 15) is 4.79 Å². The lowest BCUT2D eigenvalue weighted by Gasteiger charge is -2.07. The van der Waals surface area contributed by atoms with Gasteiger partial charge in [0.05, 0.1) is 24.1 Å². The van der Waals surface area contributed by atoms with Crippen LogP contribution >= 0.6 is 0 Å². The molecule has 0 bridgehead atoms. The highest BCUT2D eigenvalue weighted by Crippen LogP contribution is 1.98. The number of rotatable bonds is 2. The molecule has 12 heavy (non-hydrogen) atoms. The topological polar surface area (TPSA) is 72.9 Å². The van der Waals surface area contributed by atoms with Crippen molar-refractivity contribution in [1.29, 1.82) is 0 Å². The van der Waals surface area contributed by atoms with Gasteiger partial charge in [-0.05, 0) is 14.0 Å². The lowest BCUT2D eigenvalue weighted by Crippen LogP contribution is -2.34. The molecule has 0 aliphatic rings. The van der Waals surface area contributed by atoms with Crippen LogP contribution in [0.15, 0.2) is 12.4 Å². The van der Waals surface area contributed by atoms with Gasteiger partial charge in [-0.15, -0.1) is 0 Å². The second kappa shape index (κ2) is 3.36. The average Bonchev–Trinajstić information content (AvgIpc) is 2.49. The average molecular weight is 168 g/mol. The third-order valence-corrected chi connectivity index (χ3v) is 1.63. The minimum Gasteiger partial charge on any atom is -0.396 e. The van der Waals surface area contributed by atoms with Gasteiger partial charge >= 0.3 is 0 Å². The zero-order chi connectivity index (χ0) is 9.14. The van der Waals surface area contributed by atoms with E-state index in [4.69, 9.17) is 5.73 Å². The van der Waals surface area contributed by atoms with E-state index in [2.05, 4.69) is 10.4 Å². The Balaban J connectivity index is 2.78. The van der Waals surface area contributed by atoms with Crippen molar-refractivity contribution in [3.05, 3.63) is 12.4 Å². The SMILES string of the molecule is CNC(C)C(=O)n1cc(N)cn1. The molecule has 0 amide bonds. The molecule has 0 aliphatic carbocycles. The molecule has 5 heteroatoms. The third-order valence-electron chi connectivity index (χ3n) is 1.63. The second-order valence-electron chi connectivity index (χ2n) is 2.57. The number of hydrogen-bond acceptors (Lipinski definition) is 4. The number of anilines is 1. The highest BCUT2D eigenvalue weighted by atomic mass is 16.2. The van der Waals surface area contributed by atoms with Gasteiger partial charge in [0, 0.05) is 0 Å². The number of carbonyl (C=O) groups is 1. The molecular weight excluding hydrogens is 156 g/mol. The summed E-state index contributed by atoms with van der Waals surface area (Å²) in [5.74, 6) is -0.116. The number of nitrogens with one attached hydrogen (secondary N) is 1. The van der Waals surface area contributed by atoms with E-state index < -0.39 is 0 Å². The number of nitrogens with zero attached hydrogens (tertiary/aromatic N) is 2. The van der Waals surface area contributed by atoms with Gasteiger partial charge < -0.3 is 11.1 Å². The van der Waals surface area contributed by atoms with Crippen molar-refractivity contribution >= 4 is 11.6 Å². The van der Waals surface area contributed by atoms with E-state index in [1.54, 1.807) is 14.0 Å². The van der Waals surface area contributed by atoms with Crippen LogP contribution in [0.4, 0.5) is 5.69 Å². The van der Waals surface area contributed by atoms with Crippen molar-refractivity contribution in [2.75, 3.05) is 12.8 Å². The van der Waals surface area contributed by atoms with E-state index in [1.807, 2.05) is 0 Å². The molecule has 1 unspecified atom stereocenters. The first-order valence-electron chi connectivity index (χ1n) is 3.66. The molecular formula is C7H12N4O. The van der Waals surface area contributed by atoms with E-state index in [0.29, 0.717) is 5.69 Å². The van der Waals surface area contributed by atoms with Crippen molar-refractivity contribution in [3.8, 4) is 0 Å². The van der Waals surface area contributed by atoms with Crippen molar-refractivity contribution in [1.82, 2.24) is 15.1 Å². The first-order valence-corrected chi connectivity index (χ1v) is 3.66. The number of aromatic nitrogens is 2. The molecule has 0 saturated carbocycles. The first kappa shape index (κ1) is 8.73. The van der Waals surface area contributed by atoms with Gasteiger partial charge in [0.1, 0.15) is 0 Å². The van der Waals surface area contributed by atoms with Crippen LogP contribution in [0.3, 0.4) is 0 Å². The summed E-state index contributed by atoms with van der Waals surface area (Å²) in [5, 5.41) is 6.61. The van der Waals surface area contributed by atoms with Crippen molar-refractivity contribution in [2.45, 2.75) is 13.0 Å². The molecule has 0 aliphatic heterocycles. The largest absolute Gasteiger partial charge is 0.396 e. The van der Waals surface area contributed by atoms with Gasteiger partial charge in [-0.2, -0.15) is 5.10 Å². The lowest BCUT2D eigenvalue weighted by atomic mass is 10.3. The Hall–Kier alpha value is -1.36. The number of likely N-dealkylation sites (N-methyl/N-ethyl adjacent to an activating group) is 1. The number of nitrogens with two attached hydrogens (primary N) is 1. The van der Waals surface area contributed by atoms with Gasteiger partial charge in [-0.1, -0.05) is 0 Å². The van der Waals surface area contributed by atoms with Gasteiger partial charge in [-0.3, -0.25) is 4.79 Å². The summed E-state index contributed by atoms with van der Waals surface area (Å²) in [6.45, 7) is 1.76. The Kier molecular flexibility index (Phi) is 2.44. The van der Waals surface area contributed by atoms with Crippen LogP contribution in [0.1, 0.15) is 11.7 Å². The fourth-order valence-corrected chi connectivity index (χ4v) is 0.779. The molecule has 0 spiro atoms. The maximum atomic E-state index is 11.4. The molecule has 0 aromatic carbocycles. The third kappa shape index (κ3) is 1.62. The normalized spacial score (nSPS) is 12.8. The van der Waals surface area contributed by atoms with Crippen LogP contribution in [0, 0.1) is 0 Å². The molecule has 66 valence electrons. The molecule has 1 aromatic heterocycles. The van der Waals surface area contributed by atoms with Crippen LogP contribution in [0.5, 0.6) is 0 Å². The zero-order valence-corrected chi connectivity index (χ0v) is 7.11. The smallest absolute Gasteiger partial charge is 0.263 e. The highest BCUT2D eigenvalue weighted by Gasteiger charge is 2.12. The minimum atomic E-state index is -0.246. The zero-order valence-electron chi connectivity index (χ0n) is 7.11. The summed E-state index contributed by atoms with van der Waals surface area (Å²) >= 11 is 0. The molecule has 1 atom stereocenters. The predicted molar refractivity (Wildman–Crippen MR) is 45.8 cm³/mol. The van der Waals surface area contributed by atoms with Crippen LogP contribution in [0.2, 0.25) is 0 Å². The van der Waals surface area contributed by atoms with E-state index >= 15 is 0 Å². The van der Waals surface area contributed by atoms with Crippen molar-refractivity contribution in [2.24, 2.45) is 0 Å². The first-order chi connectivity index (χ1) is 5.65. The molecule has 1 heterocycles. The molecule has 1 rings (SSSR count). The van der Waals surface area contributed by atoms with Crippen molar-refractivity contribution < 1.29 is 4.79 Å². The molecule has 0 radical (unpaired) electrons. The lowest BCUT2D eigenvalue weighted by molar-refractivity contribution is 0.0856. The van der Waals surface area contributed by atoms with Gasteiger partial charge in [0.2, 0.25) is 0 Å². The van der Waals surface area contributed by atoms with E-state index in [-0.39, 0.29) is 11.9 Å². The van der Waals surface area contributed by atoms with Gasteiger partial charge in [-0.25, -0.2) is 4.68 Å². The summed E-state index contributed by atoms with van der Waals surface area (Å²) in [5.41, 5.74) is 5.89. The summed E-state index contributed by atoms with van der Waals surface area (Å²) in [6, 6.07) is -0.246. The fourth-order valence-electron chi connectivity index (χ4n) is 0.779. The Morgan fingerprint density at radius 3 is 2.92 bits per heavy atom. The van der Waals surface area contributed by atoms with Crippen LogP contribution in [-0.2, 0) is 0 Å². The second-order valence-corrected chi connectivity index (χ2v) is 2.57. The Labute approximate surface area is 70.5 Å². The van der Waals surface area contributed by atoms with Crippen LogP contribution in [-0.4, -0.2) is 28.8 Å². The monoisotopic (exact) mass is 168 g/mol. The Morgan fingerprint density at radius 1 is 1.83 bits per heavy atom. The van der Waals surface area contributed by atoms with Crippen molar-refractivity contribution in [3.63, 3.8) is 0 Å². The summed E-state index contributed by atoms with van der Waals surface area (Å²) in [7, 11) is 1.72. The van der Waals surface area contributed by atoms with E-state index in [1.165, 1.54) is 17.1 Å². The number of carbonyl (C=O) groups excluding carboxylic acids is 1. The number of hydrogen-bond donors (Lipinski definition) is 2. The summed E-state index contributed by atoms with van der Waals surface area (Å²) in [4.78, 5) is 11.4.